The van der Waals surface area contributed by atoms with Gasteiger partial charge in [-0.2, -0.15) is 0 Å². The summed E-state index contributed by atoms with van der Waals surface area (Å²) in [4.78, 5) is 20.5. The molecule has 0 saturated heterocycles. The van der Waals surface area contributed by atoms with Gasteiger partial charge in [0.2, 0.25) is 0 Å². The zero-order chi connectivity index (χ0) is 10.4. The number of hydrogen-bond acceptors (Lipinski definition) is 3. The molecule has 0 spiro atoms. The summed E-state index contributed by atoms with van der Waals surface area (Å²) >= 11 is 0. The fourth-order valence-electron chi connectivity index (χ4n) is 0.766. The lowest BCUT2D eigenvalue weighted by atomic mass is 10.1. The summed E-state index contributed by atoms with van der Waals surface area (Å²) in [7, 11) is 0. The Morgan fingerprint density at radius 1 is 1.38 bits per heavy atom. The minimum atomic E-state index is -1.07. The van der Waals surface area contributed by atoms with Gasteiger partial charge in [0.05, 0.1) is 0 Å². The molecule has 0 aromatic rings. The molecule has 0 heterocycles. The van der Waals surface area contributed by atoms with Gasteiger partial charge < -0.3 is 15.9 Å². The largest absolute Gasteiger partial charge is 0.480 e. The molecule has 0 aromatic carbocycles. The van der Waals surface area contributed by atoms with E-state index in [-0.39, 0.29) is 18.4 Å². The predicted octanol–water partition coefficient (Wildman–Crippen LogP) is 0.209. The van der Waals surface area contributed by atoms with E-state index in [1.54, 1.807) is 0 Å². The predicted molar refractivity (Wildman–Crippen MR) is 46.2 cm³/mol. The number of nitrogens with two attached hydrogens (primary N) is 1. The Bertz CT molecular complexity index is 224. The van der Waals surface area contributed by atoms with Crippen molar-refractivity contribution >= 4 is 11.9 Å². The van der Waals surface area contributed by atoms with E-state index in [0.29, 0.717) is 6.42 Å². The maximum absolute atomic E-state index is 10.3. The molecule has 0 fully saturated rings. The van der Waals surface area contributed by atoms with Gasteiger partial charge in [0, 0.05) is 5.57 Å². The average molecular weight is 187 g/mol. The zero-order valence-corrected chi connectivity index (χ0v) is 7.19. The molecule has 0 amide bonds. The maximum Gasteiger partial charge on any atom is 0.330 e. The van der Waals surface area contributed by atoms with Crippen LogP contribution in [-0.2, 0) is 9.59 Å². The van der Waals surface area contributed by atoms with Gasteiger partial charge in [-0.15, -0.1) is 0 Å². The molecule has 0 aliphatic carbocycles. The number of aliphatic carboxylic acids is 2. The molecule has 0 saturated carbocycles. The molecule has 5 heteroatoms. The fourth-order valence-corrected chi connectivity index (χ4v) is 0.766. The van der Waals surface area contributed by atoms with E-state index >= 15 is 0 Å². The summed E-state index contributed by atoms with van der Waals surface area (Å²) in [5, 5.41) is 16.8. The molecule has 0 aliphatic rings. The first-order chi connectivity index (χ1) is 5.95. The van der Waals surface area contributed by atoms with Crippen LogP contribution in [0.1, 0.15) is 19.3 Å². The molecule has 1 atom stereocenters. The monoisotopic (exact) mass is 187 g/mol. The minimum absolute atomic E-state index is 0.0811. The lowest BCUT2D eigenvalue weighted by Crippen LogP contribution is -2.29. The smallest absolute Gasteiger partial charge is 0.330 e. The van der Waals surface area contributed by atoms with Crippen molar-refractivity contribution in [3.8, 4) is 0 Å². The van der Waals surface area contributed by atoms with Crippen molar-refractivity contribution in [3.63, 3.8) is 0 Å². The standard InChI is InChI=1S/C8H13NO4/c1-5(7(10)11)3-2-4-6(9)8(12)13/h6H,1-4,9H2,(H,10,11)(H,12,13). The first-order valence-corrected chi connectivity index (χ1v) is 3.84. The number of hydrogen-bond donors (Lipinski definition) is 3. The highest BCUT2D eigenvalue weighted by Crippen LogP contribution is 2.06. The number of carboxylic acid groups (broad SMARTS) is 2. The molecule has 0 bridgehead atoms. The summed E-state index contributed by atoms with van der Waals surface area (Å²) in [6.07, 6.45) is 0.969. The van der Waals surface area contributed by atoms with E-state index in [1.807, 2.05) is 0 Å². The lowest BCUT2D eigenvalue weighted by molar-refractivity contribution is -0.138. The van der Waals surface area contributed by atoms with Crippen molar-refractivity contribution in [2.45, 2.75) is 25.3 Å². The Morgan fingerprint density at radius 3 is 2.31 bits per heavy atom. The van der Waals surface area contributed by atoms with Crippen molar-refractivity contribution in [2.75, 3.05) is 0 Å². The van der Waals surface area contributed by atoms with Crippen LogP contribution >= 0.6 is 0 Å². The second-order valence-corrected chi connectivity index (χ2v) is 2.75. The topological polar surface area (TPSA) is 101 Å². The van der Waals surface area contributed by atoms with Crippen LogP contribution < -0.4 is 5.73 Å². The van der Waals surface area contributed by atoms with E-state index in [2.05, 4.69) is 6.58 Å². The summed E-state index contributed by atoms with van der Waals surface area (Å²) < 4.78 is 0. The number of carboxylic acids is 2. The van der Waals surface area contributed by atoms with Crippen LogP contribution in [-0.4, -0.2) is 28.2 Å². The Balaban J connectivity index is 3.62. The van der Waals surface area contributed by atoms with Crippen molar-refractivity contribution in [3.05, 3.63) is 12.2 Å². The maximum atomic E-state index is 10.3. The third-order valence-corrected chi connectivity index (χ3v) is 1.61. The van der Waals surface area contributed by atoms with E-state index in [1.165, 1.54) is 0 Å². The molecule has 74 valence electrons. The van der Waals surface area contributed by atoms with Gasteiger partial charge in [-0.05, 0) is 19.3 Å². The Labute approximate surface area is 75.9 Å². The molecule has 0 radical (unpaired) electrons. The summed E-state index contributed by atoms with van der Waals surface area (Å²) in [6, 6.07) is -0.915. The van der Waals surface area contributed by atoms with Crippen LogP contribution in [0.4, 0.5) is 0 Å². The van der Waals surface area contributed by atoms with Crippen LogP contribution in [0, 0.1) is 0 Å². The number of carbonyl (C=O) groups is 2. The van der Waals surface area contributed by atoms with E-state index in [9.17, 15) is 9.59 Å². The Hall–Kier alpha value is -1.36. The molecular weight excluding hydrogens is 174 g/mol. The van der Waals surface area contributed by atoms with Crippen molar-refractivity contribution < 1.29 is 19.8 Å². The summed E-state index contributed by atoms with van der Waals surface area (Å²) in [6.45, 7) is 3.31. The average Bonchev–Trinajstić information content (AvgIpc) is 2.03. The Morgan fingerprint density at radius 2 is 1.92 bits per heavy atom. The van der Waals surface area contributed by atoms with Gasteiger partial charge in [0.1, 0.15) is 6.04 Å². The third-order valence-electron chi connectivity index (χ3n) is 1.61. The van der Waals surface area contributed by atoms with Gasteiger partial charge in [0.15, 0.2) is 0 Å². The van der Waals surface area contributed by atoms with Gasteiger partial charge in [-0.25, -0.2) is 4.79 Å². The molecule has 13 heavy (non-hydrogen) atoms. The SMILES string of the molecule is C=C(CCCC(N)C(=O)O)C(=O)O. The highest BCUT2D eigenvalue weighted by atomic mass is 16.4. The van der Waals surface area contributed by atoms with Crippen LogP contribution in [0.5, 0.6) is 0 Å². The molecule has 4 N–H and O–H groups in total. The van der Waals surface area contributed by atoms with Crippen LogP contribution in [0.25, 0.3) is 0 Å². The van der Waals surface area contributed by atoms with Crippen molar-refractivity contribution in [1.29, 1.82) is 0 Å². The molecule has 1 unspecified atom stereocenters. The quantitative estimate of drug-likeness (QED) is 0.516. The number of rotatable bonds is 6. The first-order valence-electron chi connectivity index (χ1n) is 3.84. The molecule has 5 nitrogen and oxygen atoms in total. The molecular formula is C8H13NO4. The van der Waals surface area contributed by atoms with Crippen LogP contribution in [0.15, 0.2) is 12.2 Å². The normalized spacial score (nSPS) is 12.1. The summed E-state index contributed by atoms with van der Waals surface area (Å²) in [5.41, 5.74) is 5.28. The van der Waals surface area contributed by atoms with E-state index < -0.39 is 18.0 Å². The second-order valence-electron chi connectivity index (χ2n) is 2.75. The minimum Gasteiger partial charge on any atom is -0.480 e. The van der Waals surface area contributed by atoms with Crippen LogP contribution in [0.3, 0.4) is 0 Å². The molecule has 0 aliphatic heterocycles. The molecule has 0 aromatic heterocycles. The highest BCUT2D eigenvalue weighted by Gasteiger charge is 2.11. The molecule has 0 rings (SSSR count). The van der Waals surface area contributed by atoms with Crippen molar-refractivity contribution in [1.82, 2.24) is 0 Å². The van der Waals surface area contributed by atoms with E-state index in [0.717, 1.165) is 0 Å². The Kier molecular flexibility index (Phi) is 4.76. The summed E-state index contributed by atoms with van der Waals surface area (Å²) in [5.74, 6) is -2.12. The van der Waals surface area contributed by atoms with Gasteiger partial charge in [-0.3, -0.25) is 4.79 Å². The second kappa shape index (κ2) is 5.31. The van der Waals surface area contributed by atoms with Gasteiger partial charge in [0.25, 0.3) is 0 Å². The third kappa shape index (κ3) is 4.97. The lowest BCUT2D eigenvalue weighted by Gasteiger charge is -2.05. The van der Waals surface area contributed by atoms with Gasteiger partial charge in [-0.1, -0.05) is 6.58 Å². The van der Waals surface area contributed by atoms with E-state index in [4.69, 9.17) is 15.9 Å². The van der Waals surface area contributed by atoms with Gasteiger partial charge >= 0.3 is 11.9 Å². The first kappa shape index (κ1) is 11.6. The zero-order valence-electron chi connectivity index (χ0n) is 7.19. The van der Waals surface area contributed by atoms with Crippen molar-refractivity contribution in [2.24, 2.45) is 5.73 Å². The van der Waals surface area contributed by atoms with Crippen LogP contribution in [0.2, 0.25) is 0 Å². The highest BCUT2D eigenvalue weighted by molar-refractivity contribution is 5.85. The fraction of sp³-hybridized carbons (Fsp3) is 0.500.